The lowest BCUT2D eigenvalue weighted by molar-refractivity contribution is 0.668. The third-order valence-corrected chi connectivity index (χ3v) is 8.82. The molecular weight excluding hydrogens is 534 g/mol. The van der Waals surface area contributed by atoms with Crippen molar-refractivity contribution in [2.45, 2.75) is 0 Å². The van der Waals surface area contributed by atoms with Gasteiger partial charge in [-0.05, 0) is 69.8 Å². The van der Waals surface area contributed by atoms with Crippen LogP contribution in [0.4, 0.5) is 0 Å². The predicted octanol–water partition coefficient (Wildman–Crippen LogP) is 11.7. The second kappa shape index (κ2) is 9.86. The number of hydrogen-bond acceptors (Lipinski definition) is 1. The number of rotatable bonds is 4. The van der Waals surface area contributed by atoms with Crippen molar-refractivity contribution in [1.29, 1.82) is 0 Å². The SMILES string of the molecule is c1ccc(-c2ccc(-c3cccc(-c4cccc5oc6cc(-n7c8ccccc8c8ccccc87)ccc6c45)c3)cc2)cc1. The molecule has 0 saturated heterocycles. The van der Waals surface area contributed by atoms with E-state index in [1.807, 2.05) is 0 Å². The van der Waals surface area contributed by atoms with E-state index >= 15 is 0 Å². The summed E-state index contributed by atoms with van der Waals surface area (Å²) in [4.78, 5) is 0. The summed E-state index contributed by atoms with van der Waals surface area (Å²) in [7, 11) is 0. The summed E-state index contributed by atoms with van der Waals surface area (Å²) in [6.07, 6.45) is 0. The number of fused-ring (bicyclic) bond motifs is 6. The van der Waals surface area contributed by atoms with Crippen LogP contribution in [-0.2, 0) is 0 Å². The van der Waals surface area contributed by atoms with Crippen molar-refractivity contribution in [2.75, 3.05) is 0 Å². The van der Waals surface area contributed by atoms with Crippen LogP contribution >= 0.6 is 0 Å². The first-order chi connectivity index (χ1) is 21.8. The number of nitrogens with zero attached hydrogens (tertiary/aromatic N) is 1. The van der Waals surface area contributed by atoms with Gasteiger partial charge in [-0.15, -0.1) is 0 Å². The molecule has 44 heavy (non-hydrogen) atoms. The second-order valence-corrected chi connectivity index (χ2v) is 11.4. The van der Waals surface area contributed by atoms with Crippen LogP contribution < -0.4 is 0 Å². The van der Waals surface area contributed by atoms with E-state index in [0.717, 1.165) is 27.6 Å². The zero-order valence-electron chi connectivity index (χ0n) is 23.9. The molecule has 2 nitrogen and oxygen atoms in total. The van der Waals surface area contributed by atoms with E-state index in [-0.39, 0.29) is 0 Å². The highest BCUT2D eigenvalue weighted by Crippen LogP contribution is 2.40. The number of benzene rings is 7. The average molecular weight is 562 g/mol. The fourth-order valence-electron chi connectivity index (χ4n) is 6.75. The summed E-state index contributed by atoms with van der Waals surface area (Å²) >= 11 is 0. The van der Waals surface area contributed by atoms with Crippen LogP contribution in [0, 0.1) is 0 Å². The number of hydrogen-bond donors (Lipinski definition) is 0. The predicted molar refractivity (Wildman–Crippen MR) is 184 cm³/mol. The Morgan fingerprint density at radius 3 is 1.70 bits per heavy atom. The van der Waals surface area contributed by atoms with Crippen LogP contribution in [0.15, 0.2) is 168 Å². The third kappa shape index (κ3) is 3.89. The lowest BCUT2D eigenvalue weighted by Gasteiger charge is -2.09. The van der Waals surface area contributed by atoms with Gasteiger partial charge in [0.15, 0.2) is 0 Å². The monoisotopic (exact) mass is 561 g/mol. The first-order valence-corrected chi connectivity index (χ1v) is 15.0. The van der Waals surface area contributed by atoms with Crippen molar-refractivity contribution in [1.82, 2.24) is 4.57 Å². The lowest BCUT2D eigenvalue weighted by atomic mass is 9.95. The van der Waals surface area contributed by atoms with Gasteiger partial charge in [0.25, 0.3) is 0 Å². The largest absolute Gasteiger partial charge is 0.456 e. The van der Waals surface area contributed by atoms with Crippen molar-refractivity contribution >= 4 is 43.7 Å². The molecule has 0 unspecified atom stereocenters. The Hall–Kier alpha value is -5.86. The molecule has 0 bridgehead atoms. The summed E-state index contributed by atoms with van der Waals surface area (Å²) in [6, 6.07) is 58.4. The molecule has 0 aliphatic carbocycles. The van der Waals surface area contributed by atoms with Crippen molar-refractivity contribution in [2.24, 2.45) is 0 Å². The molecule has 206 valence electrons. The maximum absolute atomic E-state index is 6.53. The molecule has 2 heteroatoms. The van der Waals surface area contributed by atoms with Crippen LogP contribution in [0.25, 0.3) is 82.8 Å². The normalized spacial score (nSPS) is 11.6. The van der Waals surface area contributed by atoms with Gasteiger partial charge < -0.3 is 8.98 Å². The molecule has 0 radical (unpaired) electrons. The van der Waals surface area contributed by atoms with Gasteiger partial charge >= 0.3 is 0 Å². The van der Waals surface area contributed by atoms with E-state index in [2.05, 4.69) is 168 Å². The summed E-state index contributed by atoms with van der Waals surface area (Å²) < 4.78 is 8.87. The molecule has 2 heterocycles. The molecule has 0 aliphatic rings. The minimum atomic E-state index is 0.888. The topological polar surface area (TPSA) is 18.1 Å². The Balaban J connectivity index is 1.15. The highest BCUT2D eigenvalue weighted by molar-refractivity contribution is 6.13. The van der Waals surface area contributed by atoms with E-state index in [0.29, 0.717) is 0 Å². The van der Waals surface area contributed by atoms with Crippen molar-refractivity contribution < 1.29 is 4.42 Å². The zero-order valence-corrected chi connectivity index (χ0v) is 23.9. The fourth-order valence-corrected chi connectivity index (χ4v) is 6.75. The van der Waals surface area contributed by atoms with Crippen molar-refractivity contribution in [3.63, 3.8) is 0 Å². The maximum Gasteiger partial charge on any atom is 0.137 e. The number of aromatic nitrogens is 1. The Morgan fingerprint density at radius 1 is 0.364 bits per heavy atom. The smallest absolute Gasteiger partial charge is 0.137 e. The standard InChI is InChI=1S/C42H27NO/c1-2-10-28(11-3-1)29-20-22-30(23-21-29)31-12-8-13-32(26-31)34-16-9-19-40-42(34)37-25-24-33(27-41(37)44-40)43-38-17-6-4-14-35(38)36-15-5-7-18-39(36)43/h1-27H. The molecular formula is C42H27NO. The van der Waals surface area contributed by atoms with Crippen LogP contribution in [0.1, 0.15) is 0 Å². The van der Waals surface area contributed by atoms with Crippen LogP contribution in [-0.4, -0.2) is 4.57 Å². The summed E-state index contributed by atoms with van der Waals surface area (Å²) in [5, 5.41) is 4.78. The second-order valence-electron chi connectivity index (χ2n) is 11.4. The molecule has 9 rings (SSSR count). The molecule has 0 amide bonds. The van der Waals surface area contributed by atoms with Gasteiger partial charge in [0.05, 0.1) is 11.0 Å². The summed E-state index contributed by atoms with van der Waals surface area (Å²) in [6.45, 7) is 0. The lowest BCUT2D eigenvalue weighted by Crippen LogP contribution is -1.93. The fraction of sp³-hybridized carbons (Fsp3) is 0. The molecule has 0 fully saturated rings. The molecule has 0 aliphatic heterocycles. The molecule has 0 atom stereocenters. The van der Waals surface area contributed by atoms with Crippen molar-refractivity contribution in [3.8, 4) is 39.1 Å². The molecule has 9 aromatic rings. The van der Waals surface area contributed by atoms with Gasteiger partial charge in [-0.2, -0.15) is 0 Å². The maximum atomic E-state index is 6.53. The molecule has 2 aromatic heterocycles. The van der Waals surface area contributed by atoms with Gasteiger partial charge in [0.1, 0.15) is 11.2 Å². The first kappa shape index (κ1) is 24.7. The van der Waals surface area contributed by atoms with Crippen LogP contribution in [0.2, 0.25) is 0 Å². The Labute approximate surface area is 255 Å². The van der Waals surface area contributed by atoms with E-state index in [4.69, 9.17) is 4.42 Å². The molecule has 0 spiro atoms. The summed E-state index contributed by atoms with van der Waals surface area (Å²) in [5.41, 5.74) is 12.5. The van der Waals surface area contributed by atoms with Gasteiger partial charge in [-0.25, -0.2) is 0 Å². The van der Waals surface area contributed by atoms with E-state index in [1.54, 1.807) is 0 Å². The molecule has 0 saturated carbocycles. The van der Waals surface area contributed by atoms with E-state index in [1.165, 1.54) is 55.2 Å². The van der Waals surface area contributed by atoms with Crippen LogP contribution in [0.3, 0.4) is 0 Å². The Bertz CT molecular complexity index is 2430. The van der Waals surface area contributed by atoms with Gasteiger partial charge in [-0.3, -0.25) is 0 Å². The van der Waals surface area contributed by atoms with Crippen LogP contribution in [0.5, 0.6) is 0 Å². The van der Waals surface area contributed by atoms with Crippen molar-refractivity contribution in [3.05, 3.63) is 164 Å². The molecule has 7 aromatic carbocycles. The number of furan rings is 1. The van der Waals surface area contributed by atoms with Gasteiger partial charge in [-0.1, -0.05) is 121 Å². The average Bonchev–Trinajstić information content (AvgIpc) is 3.64. The first-order valence-electron chi connectivity index (χ1n) is 15.0. The molecule has 0 N–H and O–H groups in total. The number of para-hydroxylation sites is 2. The van der Waals surface area contributed by atoms with Gasteiger partial charge in [0, 0.05) is 33.3 Å². The minimum Gasteiger partial charge on any atom is -0.456 e. The Morgan fingerprint density at radius 2 is 0.955 bits per heavy atom. The van der Waals surface area contributed by atoms with E-state index < -0.39 is 0 Å². The highest BCUT2D eigenvalue weighted by atomic mass is 16.3. The van der Waals surface area contributed by atoms with E-state index in [9.17, 15) is 0 Å². The summed E-state index contributed by atoms with van der Waals surface area (Å²) in [5.74, 6) is 0. The zero-order chi connectivity index (χ0) is 29.0. The highest BCUT2D eigenvalue weighted by Gasteiger charge is 2.16. The minimum absolute atomic E-state index is 0.888. The van der Waals surface area contributed by atoms with Gasteiger partial charge in [0.2, 0.25) is 0 Å². The Kier molecular flexibility index (Phi) is 5.54. The third-order valence-electron chi connectivity index (χ3n) is 8.82. The quantitative estimate of drug-likeness (QED) is 0.209.